The molecule has 20 heavy (non-hydrogen) atoms. The van der Waals surface area contributed by atoms with E-state index in [1.807, 2.05) is 18.7 Å². The average Bonchev–Trinajstić information content (AvgIpc) is 2.42. The molecule has 1 N–H and O–H groups in total. The van der Waals surface area contributed by atoms with Gasteiger partial charge in [-0.05, 0) is 42.5 Å². The van der Waals surface area contributed by atoms with Crippen molar-refractivity contribution in [3.05, 3.63) is 41.6 Å². The van der Waals surface area contributed by atoms with Crippen LogP contribution in [0.15, 0.2) is 30.3 Å². The van der Waals surface area contributed by atoms with E-state index in [2.05, 4.69) is 61.4 Å². The molecule has 1 heterocycles. The molecule has 1 unspecified atom stereocenters. The van der Waals surface area contributed by atoms with Crippen LogP contribution in [0.25, 0.3) is 10.9 Å². The smallest absolute Gasteiger partial charge is 0.0705 e. The van der Waals surface area contributed by atoms with Crippen LogP contribution in [-0.2, 0) is 0 Å². The van der Waals surface area contributed by atoms with Gasteiger partial charge >= 0.3 is 0 Å². The van der Waals surface area contributed by atoms with E-state index in [1.54, 1.807) is 0 Å². The molecule has 108 valence electrons. The number of aryl methyl sites for hydroxylation is 1. The summed E-state index contributed by atoms with van der Waals surface area (Å²) >= 11 is 2.00. The van der Waals surface area contributed by atoms with E-state index < -0.39 is 0 Å². The van der Waals surface area contributed by atoms with Gasteiger partial charge in [0.1, 0.15) is 0 Å². The average molecular weight is 288 g/mol. The van der Waals surface area contributed by atoms with E-state index in [4.69, 9.17) is 0 Å². The molecular formula is C17H24N2S. The maximum Gasteiger partial charge on any atom is 0.0705 e. The van der Waals surface area contributed by atoms with Crippen molar-refractivity contribution in [1.82, 2.24) is 10.3 Å². The molecule has 0 aliphatic rings. The summed E-state index contributed by atoms with van der Waals surface area (Å²) in [6.07, 6.45) is 0. The number of aromatic nitrogens is 1. The van der Waals surface area contributed by atoms with E-state index >= 15 is 0 Å². The summed E-state index contributed by atoms with van der Waals surface area (Å²) in [5.74, 6) is 1.11. The third-order valence-corrected chi connectivity index (χ3v) is 4.49. The number of fused-ring (bicyclic) bond motifs is 1. The highest BCUT2D eigenvalue weighted by atomic mass is 32.2. The lowest BCUT2D eigenvalue weighted by Crippen LogP contribution is -2.23. The lowest BCUT2D eigenvalue weighted by Gasteiger charge is -2.19. The van der Waals surface area contributed by atoms with Crippen LogP contribution < -0.4 is 5.32 Å². The topological polar surface area (TPSA) is 24.9 Å². The predicted molar refractivity (Wildman–Crippen MR) is 90.5 cm³/mol. The summed E-state index contributed by atoms with van der Waals surface area (Å²) in [6, 6.07) is 11.3. The maximum absolute atomic E-state index is 4.57. The SMILES string of the molecule is CCNC(CSC(C)C)c1ccc2nc(C)ccc2c1. The van der Waals surface area contributed by atoms with E-state index in [0.717, 1.165) is 23.5 Å². The zero-order valence-corrected chi connectivity index (χ0v) is 13.6. The second-order valence-corrected chi connectivity index (χ2v) is 7.01. The van der Waals surface area contributed by atoms with Crippen LogP contribution in [0.2, 0.25) is 0 Å². The number of pyridine rings is 1. The van der Waals surface area contributed by atoms with Gasteiger partial charge < -0.3 is 5.32 Å². The Hall–Kier alpha value is -1.06. The second kappa shape index (κ2) is 7.09. The fraction of sp³-hybridized carbons (Fsp3) is 0.471. The number of nitrogens with one attached hydrogen (secondary N) is 1. The first kappa shape index (κ1) is 15.3. The highest BCUT2D eigenvalue weighted by Gasteiger charge is 2.12. The molecule has 0 radical (unpaired) electrons. The Morgan fingerprint density at radius 1 is 1.20 bits per heavy atom. The summed E-state index contributed by atoms with van der Waals surface area (Å²) in [4.78, 5) is 4.57. The number of nitrogens with zero attached hydrogens (tertiary/aromatic N) is 1. The van der Waals surface area contributed by atoms with Crippen LogP contribution in [0.1, 0.15) is 38.1 Å². The van der Waals surface area contributed by atoms with Gasteiger partial charge in [-0.15, -0.1) is 0 Å². The molecule has 2 aromatic rings. The van der Waals surface area contributed by atoms with Crippen molar-refractivity contribution in [3.8, 4) is 0 Å². The minimum Gasteiger partial charge on any atom is -0.310 e. The van der Waals surface area contributed by atoms with Crippen LogP contribution in [0.4, 0.5) is 0 Å². The molecule has 3 heteroatoms. The standard InChI is InChI=1S/C17H24N2S/c1-5-18-17(11-20-12(2)3)15-8-9-16-14(10-15)7-6-13(4)19-16/h6-10,12,17-18H,5,11H2,1-4H3. The van der Waals surface area contributed by atoms with Gasteiger partial charge in [-0.2, -0.15) is 11.8 Å². The first-order valence-electron chi connectivity index (χ1n) is 7.32. The summed E-state index contributed by atoms with van der Waals surface area (Å²) in [7, 11) is 0. The molecule has 0 saturated carbocycles. The Bertz CT molecular complexity index is 566. The summed E-state index contributed by atoms with van der Waals surface area (Å²) < 4.78 is 0. The Balaban J connectivity index is 2.25. The fourth-order valence-corrected chi connectivity index (χ4v) is 3.16. The first-order valence-corrected chi connectivity index (χ1v) is 8.37. The molecule has 1 atom stereocenters. The predicted octanol–water partition coefficient (Wildman–Crippen LogP) is 4.34. The molecule has 1 aromatic carbocycles. The number of thioether (sulfide) groups is 1. The molecule has 0 spiro atoms. The van der Waals surface area contributed by atoms with Gasteiger partial charge in [0.05, 0.1) is 5.52 Å². The Labute approximate surface area is 126 Å². The molecule has 2 rings (SSSR count). The van der Waals surface area contributed by atoms with Gasteiger partial charge in [-0.25, -0.2) is 0 Å². The fourth-order valence-electron chi connectivity index (χ4n) is 2.27. The van der Waals surface area contributed by atoms with E-state index in [9.17, 15) is 0 Å². The van der Waals surface area contributed by atoms with E-state index in [1.165, 1.54) is 10.9 Å². The van der Waals surface area contributed by atoms with Crippen molar-refractivity contribution < 1.29 is 0 Å². The summed E-state index contributed by atoms with van der Waals surface area (Å²) in [5, 5.41) is 5.48. The molecule has 0 amide bonds. The normalized spacial score (nSPS) is 13.1. The summed E-state index contributed by atoms with van der Waals surface area (Å²) in [6.45, 7) is 9.70. The highest BCUT2D eigenvalue weighted by molar-refractivity contribution is 7.99. The van der Waals surface area contributed by atoms with Crippen molar-refractivity contribution in [3.63, 3.8) is 0 Å². The second-order valence-electron chi connectivity index (χ2n) is 5.40. The highest BCUT2D eigenvalue weighted by Crippen LogP contribution is 2.24. The number of hydrogen-bond donors (Lipinski definition) is 1. The van der Waals surface area contributed by atoms with Crippen LogP contribution in [-0.4, -0.2) is 22.5 Å². The number of rotatable bonds is 6. The first-order chi connectivity index (χ1) is 9.60. The minimum absolute atomic E-state index is 0.415. The Morgan fingerprint density at radius 2 is 2.00 bits per heavy atom. The van der Waals surface area contributed by atoms with Crippen molar-refractivity contribution in [2.45, 2.75) is 39.0 Å². The number of hydrogen-bond acceptors (Lipinski definition) is 3. The van der Waals surface area contributed by atoms with Gasteiger partial charge in [-0.1, -0.05) is 32.9 Å². The molecular weight excluding hydrogens is 264 g/mol. The number of benzene rings is 1. The zero-order valence-electron chi connectivity index (χ0n) is 12.8. The van der Waals surface area contributed by atoms with E-state index in [0.29, 0.717) is 11.3 Å². The molecule has 0 bridgehead atoms. The van der Waals surface area contributed by atoms with Crippen molar-refractivity contribution in [2.75, 3.05) is 12.3 Å². The molecule has 0 fully saturated rings. The van der Waals surface area contributed by atoms with Gasteiger partial charge in [0, 0.05) is 22.9 Å². The minimum atomic E-state index is 0.415. The third-order valence-electron chi connectivity index (χ3n) is 3.30. The largest absolute Gasteiger partial charge is 0.310 e. The van der Waals surface area contributed by atoms with Crippen LogP contribution >= 0.6 is 11.8 Å². The quantitative estimate of drug-likeness (QED) is 0.856. The Kier molecular flexibility index (Phi) is 5.44. The lowest BCUT2D eigenvalue weighted by atomic mass is 10.0. The molecule has 2 nitrogen and oxygen atoms in total. The zero-order chi connectivity index (χ0) is 14.5. The lowest BCUT2D eigenvalue weighted by molar-refractivity contribution is 0.606. The van der Waals surface area contributed by atoms with Crippen LogP contribution in [0, 0.1) is 6.92 Å². The Morgan fingerprint density at radius 3 is 2.70 bits per heavy atom. The molecule has 0 aliphatic carbocycles. The molecule has 1 aromatic heterocycles. The van der Waals surface area contributed by atoms with Crippen LogP contribution in [0.3, 0.4) is 0 Å². The van der Waals surface area contributed by atoms with Gasteiger partial charge in [0.2, 0.25) is 0 Å². The molecule has 0 saturated heterocycles. The van der Waals surface area contributed by atoms with E-state index in [-0.39, 0.29) is 0 Å². The molecule has 0 aliphatic heterocycles. The monoisotopic (exact) mass is 288 g/mol. The van der Waals surface area contributed by atoms with Gasteiger partial charge in [0.15, 0.2) is 0 Å². The third kappa shape index (κ3) is 3.97. The van der Waals surface area contributed by atoms with Crippen molar-refractivity contribution in [1.29, 1.82) is 0 Å². The van der Waals surface area contributed by atoms with Gasteiger partial charge in [0.25, 0.3) is 0 Å². The maximum atomic E-state index is 4.57. The van der Waals surface area contributed by atoms with Crippen molar-refractivity contribution >= 4 is 22.7 Å². The van der Waals surface area contributed by atoms with Crippen molar-refractivity contribution in [2.24, 2.45) is 0 Å². The van der Waals surface area contributed by atoms with Crippen LogP contribution in [0.5, 0.6) is 0 Å². The summed E-state index contributed by atoms with van der Waals surface area (Å²) in [5.41, 5.74) is 3.52. The van der Waals surface area contributed by atoms with Gasteiger partial charge in [-0.3, -0.25) is 4.98 Å².